The Morgan fingerprint density at radius 2 is 1.91 bits per heavy atom. The molecule has 1 aromatic heterocycles. The van der Waals surface area contributed by atoms with Crippen LogP contribution in [0.2, 0.25) is 5.02 Å². The van der Waals surface area contributed by atoms with Crippen LogP contribution in [0.5, 0.6) is 0 Å². The van der Waals surface area contributed by atoms with Crippen molar-refractivity contribution in [1.82, 2.24) is 9.78 Å². The van der Waals surface area contributed by atoms with Crippen molar-refractivity contribution in [2.24, 2.45) is 0 Å². The minimum Gasteiger partial charge on any atom is -0.311 e. The minimum absolute atomic E-state index is 0.0622. The van der Waals surface area contributed by atoms with Crippen molar-refractivity contribution in [3.8, 4) is 0 Å². The quantitative estimate of drug-likeness (QED) is 0.906. The Kier molecular flexibility index (Phi) is 3.41. The van der Waals surface area contributed by atoms with Crippen molar-refractivity contribution >= 4 is 23.3 Å². The third-order valence-corrected chi connectivity index (χ3v) is 5.04. The van der Waals surface area contributed by atoms with Gasteiger partial charge in [0.15, 0.2) is 0 Å². The van der Waals surface area contributed by atoms with Gasteiger partial charge in [-0.3, -0.25) is 4.79 Å². The van der Waals surface area contributed by atoms with E-state index in [1.807, 2.05) is 35.1 Å². The van der Waals surface area contributed by atoms with Gasteiger partial charge < -0.3 is 5.32 Å². The lowest BCUT2D eigenvalue weighted by molar-refractivity contribution is -0.116. The van der Waals surface area contributed by atoms with E-state index in [0.717, 1.165) is 29.8 Å². The second-order valence-electron chi connectivity index (χ2n) is 6.19. The van der Waals surface area contributed by atoms with Gasteiger partial charge in [-0.2, -0.15) is 5.10 Å². The molecule has 1 fully saturated rings. The zero-order chi connectivity index (χ0) is 15.1. The van der Waals surface area contributed by atoms with E-state index in [1.54, 1.807) is 0 Å². The molecule has 5 heteroatoms. The monoisotopic (exact) mass is 315 g/mol. The fourth-order valence-corrected chi connectivity index (χ4v) is 3.78. The van der Waals surface area contributed by atoms with E-state index in [-0.39, 0.29) is 11.8 Å². The highest BCUT2D eigenvalue weighted by Crippen LogP contribution is 2.40. The normalized spacial score (nSPS) is 21.7. The van der Waals surface area contributed by atoms with Crippen LogP contribution in [0.4, 0.5) is 5.82 Å². The average Bonchev–Trinajstić information content (AvgIpc) is 3.15. The SMILES string of the molecule is O=C1CC(c2ccc(Cl)cc2)c2cnn(C3CCCC3)c2N1. The van der Waals surface area contributed by atoms with Gasteiger partial charge in [-0.15, -0.1) is 0 Å². The molecule has 1 aliphatic heterocycles. The van der Waals surface area contributed by atoms with Gasteiger partial charge in [0.05, 0.1) is 12.2 Å². The lowest BCUT2D eigenvalue weighted by atomic mass is 9.87. The molecule has 114 valence electrons. The van der Waals surface area contributed by atoms with E-state index in [1.165, 1.54) is 12.8 Å². The second-order valence-corrected chi connectivity index (χ2v) is 6.62. The number of nitrogens with one attached hydrogen (secondary N) is 1. The molecule has 4 rings (SSSR count). The number of hydrogen-bond donors (Lipinski definition) is 1. The number of fused-ring (bicyclic) bond motifs is 1. The number of carbonyl (C=O) groups excluding carboxylic acids is 1. The summed E-state index contributed by atoms with van der Waals surface area (Å²) in [5.74, 6) is 1.02. The maximum atomic E-state index is 12.2. The third-order valence-electron chi connectivity index (χ3n) is 4.79. The summed E-state index contributed by atoms with van der Waals surface area (Å²) in [4.78, 5) is 12.2. The van der Waals surface area contributed by atoms with Crippen LogP contribution in [-0.2, 0) is 4.79 Å². The maximum Gasteiger partial charge on any atom is 0.226 e. The zero-order valence-electron chi connectivity index (χ0n) is 12.3. The van der Waals surface area contributed by atoms with E-state index >= 15 is 0 Å². The van der Waals surface area contributed by atoms with Gasteiger partial charge in [-0.25, -0.2) is 4.68 Å². The molecule has 2 heterocycles. The Balaban J connectivity index is 1.74. The summed E-state index contributed by atoms with van der Waals surface area (Å²) in [6.45, 7) is 0. The molecule has 0 bridgehead atoms. The summed E-state index contributed by atoms with van der Waals surface area (Å²) >= 11 is 5.97. The molecule has 1 aliphatic carbocycles. The number of carbonyl (C=O) groups is 1. The predicted molar refractivity (Wildman–Crippen MR) is 86.3 cm³/mol. The topological polar surface area (TPSA) is 46.9 Å². The first-order valence-corrected chi connectivity index (χ1v) is 8.23. The summed E-state index contributed by atoms with van der Waals surface area (Å²) in [6, 6.07) is 8.19. The fourth-order valence-electron chi connectivity index (χ4n) is 3.66. The standard InChI is InChI=1S/C17H18ClN3O/c18-12-7-5-11(6-8-12)14-9-16(22)20-17-15(14)10-19-21(17)13-3-1-2-4-13/h5-8,10,13-14H,1-4,9H2,(H,20,22). The maximum absolute atomic E-state index is 12.2. The van der Waals surface area contributed by atoms with Crippen molar-refractivity contribution in [3.05, 3.63) is 46.6 Å². The average molecular weight is 316 g/mol. The number of halogens is 1. The Bertz CT molecular complexity index is 701. The van der Waals surface area contributed by atoms with E-state index in [0.29, 0.717) is 17.5 Å². The van der Waals surface area contributed by atoms with Gasteiger partial charge in [-0.1, -0.05) is 36.6 Å². The Morgan fingerprint density at radius 3 is 2.64 bits per heavy atom. The van der Waals surface area contributed by atoms with Crippen LogP contribution < -0.4 is 5.32 Å². The number of anilines is 1. The first-order valence-electron chi connectivity index (χ1n) is 7.85. The highest BCUT2D eigenvalue weighted by Gasteiger charge is 2.32. The molecule has 0 spiro atoms. The first kappa shape index (κ1) is 13.8. The van der Waals surface area contributed by atoms with E-state index in [4.69, 9.17) is 11.6 Å². The van der Waals surface area contributed by atoms with Gasteiger partial charge in [0.1, 0.15) is 5.82 Å². The van der Waals surface area contributed by atoms with Crippen LogP contribution in [0.15, 0.2) is 30.5 Å². The molecular weight excluding hydrogens is 298 g/mol. The molecule has 1 atom stereocenters. The van der Waals surface area contributed by atoms with Crippen molar-refractivity contribution in [2.45, 2.75) is 44.1 Å². The fraction of sp³-hybridized carbons (Fsp3) is 0.412. The van der Waals surface area contributed by atoms with Crippen molar-refractivity contribution < 1.29 is 4.79 Å². The van der Waals surface area contributed by atoms with Crippen LogP contribution >= 0.6 is 11.6 Å². The van der Waals surface area contributed by atoms with Crippen molar-refractivity contribution in [3.63, 3.8) is 0 Å². The predicted octanol–water partition coefficient (Wildman–Crippen LogP) is 4.13. The Hall–Kier alpha value is -1.81. The Labute approximate surface area is 134 Å². The lowest BCUT2D eigenvalue weighted by Crippen LogP contribution is -2.25. The van der Waals surface area contributed by atoms with Gasteiger partial charge in [0.25, 0.3) is 0 Å². The summed E-state index contributed by atoms with van der Waals surface area (Å²) in [5.41, 5.74) is 2.24. The summed E-state index contributed by atoms with van der Waals surface area (Å²) in [5, 5.41) is 8.33. The molecular formula is C17H18ClN3O. The molecule has 1 N–H and O–H groups in total. The number of benzene rings is 1. The largest absolute Gasteiger partial charge is 0.311 e. The minimum atomic E-state index is 0.0622. The lowest BCUT2D eigenvalue weighted by Gasteiger charge is -2.25. The van der Waals surface area contributed by atoms with Gasteiger partial charge in [0, 0.05) is 22.9 Å². The van der Waals surface area contributed by atoms with Crippen molar-refractivity contribution in [2.75, 3.05) is 5.32 Å². The van der Waals surface area contributed by atoms with Crippen LogP contribution in [0.3, 0.4) is 0 Å². The van der Waals surface area contributed by atoms with E-state index in [2.05, 4.69) is 10.4 Å². The summed E-state index contributed by atoms with van der Waals surface area (Å²) in [7, 11) is 0. The van der Waals surface area contributed by atoms with E-state index < -0.39 is 0 Å². The van der Waals surface area contributed by atoms with Gasteiger partial charge in [0.2, 0.25) is 5.91 Å². The number of amides is 1. The molecule has 4 nitrogen and oxygen atoms in total. The van der Waals surface area contributed by atoms with E-state index in [9.17, 15) is 4.79 Å². The molecule has 1 aromatic carbocycles. The number of nitrogens with zero attached hydrogens (tertiary/aromatic N) is 2. The van der Waals surface area contributed by atoms with Crippen LogP contribution in [-0.4, -0.2) is 15.7 Å². The smallest absolute Gasteiger partial charge is 0.226 e. The van der Waals surface area contributed by atoms with Crippen LogP contribution in [0.25, 0.3) is 0 Å². The zero-order valence-corrected chi connectivity index (χ0v) is 13.0. The molecule has 0 radical (unpaired) electrons. The summed E-state index contributed by atoms with van der Waals surface area (Å²) < 4.78 is 2.03. The Morgan fingerprint density at radius 1 is 1.18 bits per heavy atom. The number of aromatic nitrogens is 2. The van der Waals surface area contributed by atoms with Crippen molar-refractivity contribution in [1.29, 1.82) is 0 Å². The molecule has 2 aromatic rings. The highest BCUT2D eigenvalue weighted by atomic mass is 35.5. The molecule has 1 amide bonds. The molecule has 1 unspecified atom stereocenters. The van der Waals surface area contributed by atoms with Gasteiger partial charge >= 0.3 is 0 Å². The number of hydrogen-bond acceptors (Lipinski definition) is 2. The molecule has 0 saturated heterocycles. The van der Waals surface area contributed by atoms with Gasteiger partial charge in [-0.05, 0) is 30.5 Å². The summed E-state index contributed by atoms with van der Waals surface area (Å²) in [6.07, 6.45) is 7.17. The number of rotatable bonds is 2. The molecule has 1 saturated carbocycles. The van der Waals surface area contributed by atoms with Crippen LogP contribution in [0.1, 0.15) is 55.2 Å². The molecule has 22 heavy (non-hydrogen) atoms. The third kappa shape index (κ3) is 2.31. The molecule has 2 aliphatic rings. The first-order chi connectivity index (χ1) is 10.7. The second kappa shape index (κ2) is 5.43. The highest BCUT2D eigenvalue weighted by molar-refractivity contribution is 6.30. The van der Waals surface area contributed by atoms with Crippen LogP contribution in [0, 0.1) is 0 Å².